The smallest absolute Gasteiger partial charge is 0.251 e. The van der Waals surface area contributed by atoms with Crippen LogP contribution in [0.25, 0.3) is 0 Å². The molecule has 1 atom stereocenters. The summed E-state index contributed by atoms with van der Waals surface area (Å²) in [6, 6.07) is 22.5. The lowest BCUT2D eigenvalue weighted by Gasteiger charge is -2.27. The van der Waals surface area contributed by atoms with Crippen molar-refractivity contribution in [2.24, 2.45) is 0 Å². The van der Waals surface area contributed by atoms with E-state index in [0.29, 0.717) is 28.7 Å². The summed E-state index contributed by atoms with van der Waals surface area (Å²) in [6.45, 7) is 4.31. The number of nitrogens with zero attached hydrogens (tertiary/aromatic N) is 4. The summed E-state index contributed by atoms with van der Waals surface area (Å²) in [5.41, 5.74) is 3.90. The first-order valence-corrected chi connectivity index (χ1v) is 11.7. The summed E-state index contributed by atoms with van der Waals surface area (Å²) in [7, 11) is 0. The van der Waals surface area contributed by atoms with Crippen molar-refractivity contribution in [3.8, 4) is 6.07 Å². The van der Waals surface area contributed by atoms with Crippen molar-refractivity contribution in [3.05, 3.63) is 89.1 Å². The second-order valence-corrected chi connectivity index (χ2v) is 8.93. The van der Waals surface area contributed by atoms with Gasteiger partial charge in [0, 0.05) is 12.2 Å². The van der Waals surface area contributed by atoms with Crippen LogP contribution in [0.2, 0.25) is 0 Å². The summed E-state index contributed by atoms with van der Waals surface area (Å²) in [4.78, 5) is 34.1. The number of imide groups is 1. The molecule has 1 aliphatic rings. The third-order valence-corrected chi connectivity index (χ3v) is 6.63. The van der Waals surface area contributed by atoms with Crippen molar-refractivity contribution in [2.75, 3.05) is 10.8 Å². The number of nitriles is 1. The van der Waals surface area contributed by atoms with E-state index in [-0.39, 0.29) is 18.2 Å². The van der Waals surface area contributed by atoms with Gasteiger partial charge in [-0.3, -0.25) is 14.5 Å². The summed E-state index contributed by atoms with van der Waals surface area (Å²) in [5, 5.41) is 10.3. The lowest BCUT2D eigenvalue weighted by molar-refractivity contribution is -0.122. The minimum Gasteiger partial charge on any atom is -0.277 e. The topological polar surface area (TPSA) is 77.3 Å². The number of rotatable bonds is 7. The molecule has 7 heteroatoms. The number of thioether (sulfide) groups is 1. The molecule has 1 aliphatic heterocycles. The Morgan fingerprint density at radius 3 is 2.42 bits per heavy atom. The highest BCUT2D eigenvalue weighted by Crippen LogP contribution is 2.30. The van der Waals surface area contributed by atoms with Crippen LogP contribution in [0.5, 0.6) is 0 Å². The van der Waals surface area contributed by atoms with Gasteiger partial charge in [-0.15, -0.1) is 0 Å². The Bertz CT molecular complexity index is 1210. The predicted molar refractivity (Wildman–Crippen MR) is 128 cm³/mol. The van der Waals surface area contributed by atoms with E-state index in [9.17, 15) is 14.9 Å². The lowest BCUT2D eigenvalue weighted by atomic mass is 10.1. The van der Waals surface area contributed by atoms with E-state index in [4.69, 9.17) is 0 Å². The Balaban J connectivity index is 1.62. The molecule has 166 valence electrons. The van der Waals surface area contributed by atoms with Crippen LogP contribution in [0, 0.1) is 25.2 Å². The zero-order valence-corrected chi connectivity index (χ0v) is 19.4. The van der Waals surface area contributed by atoms with E-state index in [1.807, 2.05) is 73.3 Å². The molecule has 3 aromatic rings. The fraction of sp³-hybridized carbons (Fsp3) is 0.231. The van der Waals surface area contributed by atoms with E-state index in [2.05, 4.69) is 11.1 Å². The molecule has 0 unspecified atom stereocenters. The Labute approximate surface area is 197 Å². The highest BCUT2D eigenvalue weighted by atomic mass is 32.2. The van der Waals surface area contributed by atoms with Gasteiger partial charge in [0.1, 0.15) is 11.1 Å². The van der Waals surface area contributed by atoms with E-state index >= 15 is 0 Å². The minimum atomic E-state index is -0.582. The van der Waals surface area contributed by atoms with Crippen LogP contribution in [-0.4, -0.2) is 33.6 Å². The van der Waals surface area contributed by atoms with E-state index in [1.54, 1.807) is 12.1 Å². The van der Waals surface area contributed by atoms with Crippen molar-refractivity contribution in [1.29, 1.82) is 5.26 Å². The van der Waals surface area contributed by atoms with Crippen molar-refractivity contribution < 1.29 is 9.59 Å². The van der Waals surface area contributed by atoms with Gasteiger partial charge in [-0.25, -0.2) is 9.88 Å². The number of benzene rings is 2. The highest BCUT2D eigenvalue weighted by molar-refractivity contribution is 7.99. The van der Waals surface area contributed by atoms with Crippen LogP contribution < -0.4 is 4.90 Å². The zero-order valence-electron chi connectivity index (χ0n) is 18.6. The maximum absolute atomic E-state index is 13.4. The van der Waals surface area contributed by atoms with Gasteiger partial charge in [0.05, 0.1) is 29.6 Å². The summed E-state index contributed by atoms with van der Waals surface area (Å²) >= 11 is 1.42. The summed E-state index contributed by atoms with van der Waals surface area (Å²) < 4.78 is 0. The van der Waals surface area contributed by atoms with Gasteiger partial charge in [0.15, 0.2) is 0 Å². The standard InChI is InChI=1S/C26H24N4O2S/c1-18-13-19(2)28-25(22(18)15-27)33-17-29(16-20-9-5-3-6-10-20)23-14-24(31)30(26(23)32)21-11-7-4-8-12-21/h3-13,23H,14,16-17H2,1-2H3/t23-/m1/s1. The molecule has 0 aliphatic carbocycles. The number of anilines is 1. The lowest BCUT2D eigenvalue weighted by Crippen LogP contribution is -2.41. The van der Waals surface area contributed by atoms with Gasteiger partial charge in [0.2, 0.25) is 5.91 Å². The fourth-order valence-corrected chi connectivity index (χ4v) is 5.12. The molecule has 0 bridgehead atoms. The molecule has 33 heavy (non-hydrogen) atoms. The second-order valence-electron chi connectivity index (χ2n) is 8.00. The molecular formula is C26H24N4O2S. The van der Waals surface area contributed by atoms with E-state index < -0.39 is 6.04 Å². The van der Waals surface area contributed by atoms with Crippen LogP contribution in [0.3, 0.4) is 0 Å². The summed E-state index contributed by atoms with van der Waals surface area (Å²) in [5.74, 6) is -0.00989. The number of hydrogen-bond acceptors (Lipinski definition) is 6. The number of aryl methyl sites for hydroxylation is 2. The Morgan fingerprint density at radius 2 is 1.76 bits per heavy atom. The first-order chi connectivity index (χ1) is 16.0. The Hall–Kier alpha value is -3.47. The Kier molecular flexibility index (Phi) is 6.87. The largest absolute Gasteiger partial charge is 0.277 e. The normalized spacial score (nSPS) is 15.8. The van der Waals surface area contributed by atoms with Crippen LogP contribution in [-0.2, 0) is 16.1 Å². The minimum absolute atomic E-state index is 0.118. The van der Waals surface area contributed by atoms with Gasteiger partial charge in [0.25, 0.3) is 5.91 Å². The molecule has 0 spiro atoms. The van der Waals surface area contributed by atoms with Gasteiger partial charge in [-0.05, 0) is 43.2 Å². The van der Waals surface area contributed by atoms with E-state index in [0.717, 1.165) is 16.8 Å². The number of carbonyl (C=O) groups is 2. The average Bonchev–Trinajstić information content (AvgIpc) is 3.11. The molecule has 1 fully saturated rings. The Morgan fingerprint density at radius 1 is 1.09 bits per heavy atom. The van der Waals surface area contributed by atoms with Gasteiger partial charge < -0.3 is 0 Å². The van der Waals surface area contributed by atoms with Crippen molar-refractivity contribution in [1.82, 2.24) is 9.88 Å². The molecule has 2 amide bonds. The SMILES string of the molecule is Cc1cc(C)c(C#N)c(SCN(Cc2ccccc2)[C@@H]2CC(=O)N(c3ccccc3)C2=O)n1. The second kappa shape index (κ2) is 9.99. The molecule has 2 aromatic carbocycles. The molecule has 0 N–H and O–H groups in total. The number of amides is 2. The zero-order chi connectivity index (χ0) is 23.4. The van der Waals surface area contributed by atoms with Crippen LogP contribution >= 0.6 is 11.8 Å². The molecule has 0 saturated carbocycles. The predicted octanol–water partition coefficient (Wildman–Crippen LogP) is 4.45. The first-order valence-electron chi connectivity index (χ1n) is 10.7. The maximum Gasteiger partial charge on any atom is 0.251 e. The quantitative estimate of drug-likeness (QED) is 0.297. The molecule has 4 rings (SSSR count). The third-order valence-electron chi connectivity index (χ3n) is 5.60. The number of para-hydroxylation sites is 1. The van der Waals surface area contributed by atoms with E-state index in [1.165, 1.54) is 16.7 Å². The monoisotopic (exact) mass is 456 g/mol. The van der Waals surface area contributed by atoms with Gasteiger partial charge in [-0.2, -0.15) is 5.26 Å². The van der Waals surface area contributed by atoms with Gasteiger partial charge >= 0.3 is 0 Å². The maximum atomic E-state index is 13.4. The number of aromatic nitrogens is 1. The van der Waals surface area contributed by atoms with Crippen molar-refractivity contribution in [2.45, 2.75) is 37.9 Å². The van der Waals surface area contributed by atoms with Gasteiger partial charge in [-0.1, -0.05) is 60.3 Å². The van der Waals surface area contributed by atoms with Crippen molar-refractivity contribution >= 4 is 29.3 Å². The molecule has 0 radical (unpaired) electrons. The van der Waals surface area contributed by atoms with Crippen LogP contribution in [0.4, 0.5) is 5.69 Å². The number of hydrogen-bond donors (Lipinski definition) is 0. The number of pyridine rings is 1. The fourth-order valence-electron chi connectivity index (χ4n) is 4.00. The average molecular weight is 457 g/mol. The molecule has 1 saturated heterocycles. The number of carbonyl (C=O) groups excluding carboxylic acids is 2. The molecule has 1 aromatic heterocycles. The highest BCUT2D eigenvalue weighted by Gasteiger charge is 2.42. The van der Waals surface area contributed by atoms with Crippen LogP contribution in [0.15, 0.2) is 71.8 Å². The molecular weight excluding hydrogens is 432 g/mol. The third kappa shape index (κ3) is 4.98. The summed E-state index contributed by atoms with van der Waals surface area (Å²) in [6.07, 6.45) is 0.118. The molecule has 2 heterocycles. The molecule has 6 nitrogen and oxygen atoms in total. The van der Waals surface area contributed by atoms with Crippen LogP contribution in [0.1, 0.15) is 28.8 Å². The first kappa shape index (κ1) is 22.7. The van der Waals surface area contributed by atoms with Crippen molar-refractivity contribution in [3.63, 3.8) is 0 Å².